The molecule has 168 valence electrons. The molecule has 1 N–H and O–H groups in total. The molecule has 0 saturated carbocycles. The highest BCUT2D eigenvalue weighted by atomic mass is 32.2. The van der Waals surface area contributed by atoms with Gasteiger partial charge in [-0.05, 0) is 74.1 Å². The van der Waals surface area contributed by atoms with E-state index in [1.807, 2.05) is 19.9 Å². The number of anilines is 1. The summed E-state index contributed by atoms with van der Waals surface area (Å²) < 4.78 is 33.0. The molecule has 0 radical (unpaired) electrons. The van der Waals surface area contributed by atoms with Crippen LogP contribution in [-0.2, 0) is 10.0 Å². The molecule has 1 amide bonds. The van der Waals surface area contributed by atoms with Crippen LogP contribution in [-0.4, -0.2) is 31.7 Å². The third kappa shape index (κ3) is 4.20. The number of aryl methyl sites for hydroxylation is 2. The average Bonchev–Trinajstić information content (AvgIpc) is 2.77. The molecule has 2 aromatic carbocycles. The molecular weight excluding hydrogens is 428 g/mol. The summed E-state index contributed by atoms with van der Waals surface area (Å²) in [5.41, 5.74) is 2.26. The fraction of sp³-hybridized carbons (Fsp3) is 0.333. The number of nitrogens with zero attached hydrogens (tertiary/aromatic N) is 1. The summed E-state index contributed by atoms with van der Waals surface area (Å²) >= 11 is 0. The van der Waals surface area contributed by atoms with Gasteiger partial charge in [-0.2, -0.15) is 4.31 Å². The van der Waals surface area contributed by atoms with Crippen molar-refractivity contribution in [3.8, 4) is 0 Å². The van der Waals surface area contributed by atoms with Crippen LogP contribution < -0.4 is 10.7 Å². The van der Waals surface area contributed by atoms with Crippen LogP contribution >= 0.6 is 0 Å². The smallest absolute Gasteiger partial charge is 0.291 e. The molecule has 0 aliphatic carbocycles. The van der Waals surface area contributed by atoms with Crippen LogP contribution in [0.3, 0.4) is 0 Å². The van der Waals surface area contributed by atoms with Gasteiger partial charge in [0.15, 0.2) is 11.2 Å². The summed E-state index contributed by atoms with van der Waals surface area (Å²) in [5, 5.41) is 3.09. The lowest BCUT2D eigenvalue weighted by molar-refractivity contribution is 0.0997. The maximum Gasteiger partial charge on any atom is 0.291 e. The van der Waals surface area contributed by atoms with Crippen LogP contribution in [0.1, 0.15) is 41.4 Å². The molecule has 32 heavy (non-hydrogen) atoms. The number of hydrogen-bond donors (Lipinski definition) is 1. The van der Waals surface area contributed by atoms with E-state index in [1.54, 1.807) is 6.07 Å². The first-order valence-electron chi connectivity index (χ1n) is 10.6. The number of sulfonamides is 1. The lowest BCUT2D eigenvalue weighted by Gasteiger charge is -2.29. The van der Waals surface area contributed by atoms with Crippen molar-refractivity contribution in [3.63, 3.8) is 0 Å². The molecule has 7 nitrogen and oxygen atoms in total. The monoisotopic (exact) mass is 454 g/mol. The lowest BCUT2D eigenvalue weighted by Crippen LogP contribution is -2.37. The number of rotatable bonds is 4. The highest BCUT2D eigenvalue weighted by Crippen LogP contribution is 2.25. The quantitative estimate of drug-likeness (QED) is 0.641. The van der Waals surface area contributed by atoms with Crippen molar-refractivity contribution in [2.45, 2.75) is 38.5 Å². The fourth-order valence-corrected chi connectivity index (χ4v) is 5.31. The van der Waals surface area contributed by atoms with Gasteiger partial charge in [0.05, 0.1) is 10.3 Å². The van der Waals surface area contributed by atoms with E-state index in [1.165, 1.54) is 34.6 Å². The first-order valence-corrected chi connectivity index (χ1v) is 12.1. The molecule has 0 unspecified atom stereocenters. The van der Waals surface area contributed by atoms with Crippen LogP contribution in [0.2, 0.25) is 0 Å². The molecule has 0 atom stereocenters. The van der Waals surface area contributed by atoms with Crippen LogP contribution in [0.4, 0.5) is 5.69 Å². The molecule has 1 aliphatic heterocycles. The predicted octanol–water partition coefficient (Wildman–Crippen LogP) is 4.08. The topological polar surface area (TPSA) is 96.7 Å². The summed E-state index contributed by atoms with van der Waals surface area (Å²) in [4.78, 5) is 25.3. The molecule has 0 spiro atoms. The second kappa shape index (κ2) is 8.52. The number of benzene rings is 2. The van der Waals surface area contributed by atoms with Crippen LogP contribution in [0, 0.1) is 19.8 Å². The lowest BCUT2D eigenvalue weighted by atomic mass is 10.0. The number of carbonyl (C=O) groups is 1. The Labute approximate surface area is 187 Å². The van der Waals surface area contributed by atoms with Crippen LogP contribution in [0.25, 0.3) is 11.0 Å². The highest BCUT2D eigenvalue weighted by molar-refractivity contribution is 7.89. The Morgan fingerprint density at radius 3 is 2.38 bits per heavy atom. The molecule has 1 aromatic heterocycles. The SMILES string of the molecule is Cc1ccc2c(=O)cc(C(=O)Nc3ccc(S(=O)(=O)N4CCC(C)CC4)cc3)oc2c1C. The highest BCUT2D eigenvalue weighted by Gasteiger charge is 2.28. The van der Waals surface area contributed by atoms with Crippen molar-refractivity contribution in [1.29, 1.82) is 0 Å². The summed E-state index contributed by atoms with van der Waals surface area (Å²) in [6.45, 7) is 6.90. The van der Waals surface area contributed by atoms with Gasteiger partial charge in [-0.1, -0.05) is 13.0 Å². The number of carbonyl (C=O) groups excluding carboxylic acids is 1. The Kier molecular flexibility index (Phi) is 5.92. The van der Waals surface area contributed by atoms with E-state index in [9.17, 15) is 18.0 Å². The maximum atomic E-state index is 12.9. The van der Waals surface area contributed by atoms with Gasteiger partial charge >= 0.3 is 0 Å². The van der Waals surface area contributed by atoms with Gasteiger partial charge in [0.1, 0.15) is 5.58 Å². The van der Waals surface area contributed by atoms with Gasteiger partial charge in [-0.3, -0.25) is 9.59 Å². The van der Waals surface area contributed by atoms with Crippen molar-refractivity contribution >= 4 is 32.6 Å². The van der Waals surface area contributed by atoms with Gasteiger partial charge in [-0.25, -0.2) is 8.42 Å². The van der Waals surface area contributed by atoms with Gasteiger partial charge < -0.3 is 9.73 Å². The van der Waals surface area contributed by atoms with E-state index >= 15 is 0 Å². The summed E-state index contributed by atoms with van der Waals surface area (Å²) in [7, 11) is -3.56. The van der Waals surface area contributed by atoms with E-state index < -0.39 is 15.9 Å². The van der Waals surface area contributed by atoms with Crippen LogP contribution in [0.5, 0.6) is 0 Å². The third-order valence-electron chi connectivity index (χ3n) is 6.13. The first kappa shape index (κ1) is 22.2. The molecule has 4 rings (SSSR count). The second-order valence-electron chi connectivity index (χ2n) is 8.42. The summed E-state index contributed by atoms with van der Waals surface area (Å²) in [6, 6.07) is 10.7. The van der Waals surface area contributed by atoms with E-state index in [-0.39, 0.29) is 16.1 Å². The van der Waals surface area contributed by atoms with E-state index in [0.717, 1.165) is 24.0 Å². The van der Waals surface area contributed by atoms with Gasteiger partial charge in [0.2, 0.25) is 10.0 Å². The number of fused-ring (bicyclic) bond motifs is 1. The maximum absolute atomic E-state index is 12.9. The zero-order chi connectivity index (χ0) is 23.0. The number of nitrogens with one attached hydrogen (secondary N) is 1. The fourth-order valence-electron chi connectivity index (χ4n) is 3.84. The Bertz CT molecular complexity index is 1340. The largest absolute Gasteiger partial charge is 0.450 e. The molecule has 3 aromatic rings. The number of piperidine rings is 1. The van der Waals surface area contributed by atoms with Crippen molar-refractivity contribution in [2.75, 3.05) is 18.4 Å². The van der Waals surface area contributed by atoms with Crippen molar-refractivity contribution in [3.05, 3.63) is 69.6 Å². The molecular formula is C24H26N2O5S. The minimum Gasteiger partial charge on any atom is -0.450 e. The summed E-state index contributed by atoms with van der Waals surface area (Å²) in [6.07, 6.45) is 1.70. The standard InChI is InChI=1S/C24H26N2O5S/c1-15-10-12-26(13-11-15)32(29,30)19-7-5-18(6-8-19)25-24(28)22-14-21(27)20-9-4-16(2)17(3)23(20)31-22/h4-9,14-15H,10-13H2,1-3H3,(H,25,28). The predicted molar refractivity (Wildman–Crippen MR) is 124 cm³/mol. The van der Waals surface area contributed by atoms with Crippen molar-refractivity contribution in [2.24, 2.45) is 5.92 Å². The first-order chi connectivity index (χ1) is 15.2. The van der Waals surface area contributed by atoms with Crippen molar-refractivity contribution < 1.29 is 17.6 Å². The molecule has 0 bridgehead atoms. The van der Waals surface area contributed by atoms with Gasteiger partial charge in [0.25, 0.3) is 5.91 Å². The van der Waals surface area contributed by atoms with Gasteiger partial charge in [-0.15, -0.1) is 0 Å². The normalized spacial score (nSPS) is 15.7. The zero-order valence-electron chi connectivity index (χ0n) is 18.3. The Morgan fingerprint density at radius 2 is 1.72 bits per heavy atom. The van der Waals surface area contributed by atoms with E-state index in [0.29, 0.717) is 35.7 Å². The average molecular weight is 455 g/mol. The Morgan fingerprint density at radius 1 is 1.06 bits per heavy atom. The van der Waals surface area contributed by atoms with Gasteiger partial charge in [0, 0.05) is 24.8 Å². The van der Waals surface area contributed by atoms with Crippen molar-refractivity contribution in [1.82, 2.24) is 4.31 Å². The van der Waals surface area contributed by atoms with E-state index in [4.69, 9.17) is 4.42 Å². The molecule has 1 aliphatic rings. The zero-order valence-corrected chi connectivity index (χ0v) is 19.2. The Balaban J connectivity index is 1.54. The minimum atomic E-state index is -3.56. The molecule has 8 heteroatoms. The Hall–Kier alpha value is -2.97. The van der Waals surface area contributed by atoms with E-state index in [2.05, 4.69) is 12.2 Å². The van der Waals surface area contributed by atoms with Crippen LogP contribution in [0.15, 0.2) is 56.6 Å². The molecule has 2 heterocycles. The third-order valence-corrected chi connectivity index (χ3v) is 8.05. The number of amides is 1. The second-order valence-corrected chi connectivity index (χ2v) is 10.4. The minimum absolute atomic E-state index is 0.102. The molecule has 1 fully saturated rings. The number of hydrogen-bond acceptors (Lipinski definition) is 5. The summed E-state index contributed by atoms with van der Waals surface area (Å²) in [5.74, 6) is -0.150. The molecule has 1 saturated heterocycles.